The number of carboxylic acids is 1. The first kappa shape index (κ1) is 19.0. The number of nitrogens with zero attached hydrogens (tertiary/aromatic N) is 5. The number of aromatic carboxylic acids is 1. The zero-order valence-electron chi connectivity index (χ0n) is 16.8. The lowest BCUT2D eigenvalue weighted by atomic mass is 10.0. The summed E-state index contributed by atoms with van der Waals surface area (Å²) in [5.74, 6) is -0.429. The van der Waals surface area contributed by atoms with Gasteiger partial charge in [0.05, 0.1) is 25.3 Å². The highest BCUT2D eigenvalue weighted by Crippen LogP contribution is 2.32. The monoisotopic (exact) mass is 407 g/mol. The van der Waals surface area contributed by atoms with Crippen LogP contribution in [0.25, 0.3) is 10.9 Å². The van der Waals surface area contributed by atoms with Crippen LogP contribution in [0.2, 0.25) is 0 Å². The van der Waals surface area contributed by atoms with Crippen molar-refractivity contribution < 1.29 is 14.6 Å². The Morgan fingerprint density at radius 2 is 1.83 bits per heavy atom. The second kappa shape index (κ2) is 8.04. The maximum absolute atomic E-state index is 11.1. The van der Waals surface area contributed by atoms with E-state index in [1.54, 1.807) is 0 Å². The maximum Gasteiger partial charge on any atom is 0.338 e. The molecule has 2 aromatic heterocycles. The molecule has 1 aromatic carbocycles. The predicted molar refractivity (Wildman–Crippen MR) is 113 cm³/mol. The first-order valence-corrected chi connectivity index (χ1v) is 10.4. The minimum absolute atomic E-state index is 0.107. The smallest absolute Gasteiger partial charge is 0.338 e. The van der Waals surface area contributed by atoms with Gasteiger partial charge in [0, 0.05) is 61.7 Å². The maximum atomic E-state index is 11.1. The molecule has 1 saturated heterocycles. The molecular weight excluding hydrogens is 382 g/mol. The van der Waals surface area contributed by atoms with E-state index in [2.05, 4.69) is 48.6 Å². The molecule has 3 aromatic rings. The number of carbonyl (C=O) groups is 1. The van der Waals surface area contributed by atoms with E-state index in [0.29, 0.717) is 5.95 Å². The van der Waals surface area contributed by atoms with E-state index in [0.717, 1.165) is 58.9 Å². The van der Waals surface area contributed by atoms with Gasteiger partial charge in [-0.2, -0.15) is 0 Å². The Labute approximate surface area is 174 Å². The number of morpholine rings is 1. The van der Waals surface area contributed by atoms with Gasteiger partial charge in [0.2, 0.25) is 5.95 Å². The number of anilines is 1. The Morgan fingerprint density at radius 3 is 2.60 bits per heavy atom. The second-order valence-electron chi connectivity index (χ2n) is 7.80. The molecule has 2 aliphatic rings. The summed E-state index contributed by atoms with van der Waals surface area (Å²) in [5, 5.41) is 10.4. The van der Waals surface area contributed by atoms with Gasteiger partial charge < -0.3 is 19.3 Å². The highest BCUT2D eigenvalue weighted by molar-refractivity contribution is 5.87. The fraction of sp³-hybridized carbons (Fsp3) is 0.409. The van der Waals surface area contributed by atoms with Crippen molar-refractivity contribution in [3.63, 3.8) is 0 Å². The molecule has 0 radical (unpaired) electrons. The van der Waals surface area contributed by atoms with Crippen LogP contribution in [0.15, 0.2) is 36.7 Å². The van der Waals surface area contributed by atoms with E-state index in [1.807, 2.05) is 0 Å². The van der Waals surface area contributed by atoms with Gasteiger partial charge in [-0.3, -0.25) is 4.90 Å². The van der Waals surface area contributed by atoms with E-state index in [4.69, 9.17) is 9.84 Å². The Balaban J connectivity index is 1.43. The Bertz CT molecular complexity index is 1060. The van der Waals surface area contributed by atoms with Gasteiger partial charge in [0.1, 0.15) is 0 Å². The zero-order chi connectivity index (χ0) is 20.5. The molecule has 8 heteroatoms. The number of hydrogen-bond acceptors (Lipinski definition) is 6. The lowest BCUT2D eigenvalue weighted by molar-refractivity contribution is 0.0364. The van der Waals surface area contributed by atoms with Crippen molar-refractivity contribution in [2.45, 2.75) is 19.5 Å². The molecule has 1 N–H and O–H groups in total. The first-order valence-electron chi connectivity index (χ1n) is 10.4. The van der Waals surface area contributed by atoms with E-state index < -0.39 is 5.97 Å². The van der Waals surface area contributed by atoms with Crippen LogP contribution in [0.3, 0.4) is 0 Å². The lowest BCUT2D eigenvalue weighted by Crippen LogP contribution is -2.38. The summed E-state index contributed by atoms with van der Waals surface area (Å²) in [5.41, 5.74) is 4.10. The summed E-state index contributed by atoms with van der Waals surface area (Å²) >= 11 is 0. The molecule has 0 unspecified atom stereocenters. The molecule has 30 heavy (non-hydrogen) atoms. The van der Waals surface area contributed by atoms with Gasteiger partial charge in [-0.25, -0.2) is 14.8 Å². The van der Waals surface area contributed by atoms with E-state index >= 15 is 0 Å². The summed E-state index contributed by atoms with van der Waals surface area (Å²) in [7, 11) is 0. The third-order valence-corrected chi connectivity index (χ3v) is 6.08. The first-order chi connectivity index (χ1) is 14.7. The quantitative estimate of drug-likeness (QED) is 0.693. The van der Waals surface area contributed by atoms with Gasteiger partial charge in [0.15, 0.2) is 0 Å². The number of fused-ring (bicyclic) bond motifs is 3. The molecule has 4 heterocycles. The normalized spacial score (nSPS) is 17.3. The Hall–Kier alpha value is -2.97. The van der Waals surface area contributed by atoms with Crippen LogP contribution in [-0.4, -0.2) is 69.9 Å². The molecule has 0 bridgehead atoms. The van der Waals surface area contributed by atoms with Gasteiger partial charge >= 0.3 is 5.97 Å². The minimum atomic E-state index is -1.01. The van der Waals surface area contributed by atoms with Crippen LogP contribution in [0.5, 0.6) is 0 Å². The second-order valence-corrected chi connectivity index (χ2v) is 7.80. The van der Waals surface area contributed by atoms with Crippen molar-refractivity contribution in [3.05, 3.63) is 53.5 Å². The zero-order valence-corrected chi connectivity index (χ0v) is 16.8. The summed E-state index contributed by atoms with van der Waals surface area (Å²) < 4.78 is 7.92. The van der Waals surface area contributed by atoms with Crippen molar-refractivity contribution in [3.8, 4) is 0 Å². The highest BCUT2D eigenvalue weighted by atomic mass is 16.5. The summed E-state index contributed by atoms with van der Waals surface area (Å²) in [6, 6.07) is 8.63. The third kappa shape index (κ3) is 3.53. The number of aromatic nitrogens is 3. The molecule has 0 atom stereocenters. The van der Waals surface area contributed by atoms with Crippen LogP contribution in [0, 0.1) is 0 Å². The van der Waals surface area contributed by atoms with Crippen molar-refractivity contribution in [2.75, 3.05) is 44.3 Å². The van der Waals surface area contributed by atoms with E-state index in [-0.39, 0.29) is 5.56 Å². The molecule has 0 spiro atoms. The molecule has 2 aliphatic heterocycles. The highest BCUT2D eigenvalue weighted by Gasteiger charge is 2.25. The minimum Gasteiger partial charge on any atom is -0.478 e. The Kier molecular flexibility index (Phi) is 5.10. The Morgan fingerprint density at radius 1 is 1.07 bits per heavy atom. The van der Waals surface area contributed by atoms with Gasteiger partial charge in [-0.15, -0.1) is 0 Å². The van der Waals surface area contributed by atoms with Gasteiger partial charge in [0.25, 0.3) is 0 Å². The van der Waals surface area contributed by atoms with Crippen molar-refractivity contribution in [1.82, 2.24) is 19.4 Å². The van der Waals surface area contributed by atoms with Gasteiger partial charge in [-0.05, 0) is 18.1 Å². The molecule has 8 nitrogen and oxygen atoms in total. The lowest BCUT2D eigenvalue weighted by Gasteiger charge is -2.30. The van der Waals surface area contributed by atoms with Gasteiger partial charge in [-0.1, -0.05) is 18.2 Å². The van der Waals surface area contributed by atoms with Crippen LogP contribution in [0.1, 0.15) is 21.6 Å². The molecule has 0 aliphatic carbocycles. The molecular formula is C22H25N5O3. The van der Waals surface area contributed by atoms with Crippen LogP contribution in [0.4, 0.5) is 5.95 Å². The van der Waals surface area contributed by atoms with E-state index in [1.165, 1.54) is 34.6 Å². The van der Waals surface area contributed by atoms with E-state index in [9.17, 15) is 4.79 Å². The number of benzene rings is 1. The van der Waals surface area contributed by atoms with Crippen molar-refractivity contribution in [1.29, 1.82) is 0 Å². The van der Waals surface area contributed by atoms with Crippen molar-refractivity contribution >= 4 is 22.8 Å². The van der Waals surface area contributed by atoms with Crippen LogP contribution in [-0.2, 0) is 24.2 Å². The molecule has 1 fully saturated rings. The number of hydrogen-bond donors (Lipinski definition) is 1. The number of rotatable bonds is 5. The fourth-order valence-electron chi connectivity index (χ4n) is 4.48. The van der Waals surface area contributed by atoms with Crippen molar-refractivity contribution in [2.24, 2.45) is 0 Å². The molecule has 156 valence electrons. The third-order valence-electron chi connectivity index (χ3n) is 6.08. The predicted octanol–water partition coefficient (Wildman–Crippen LogP) is 2.02. The molecule has 0 amide bonds. The van der Waals surface area contributed by atoms with Crippen LogP contribution < -0.4 is 4.90 Å². The van der Waals surface area contributed by atoms with Crippen LogP contribution >= 0.6 is 0 Å². The fourth-order valence-corrected chi connectivity index (χ4v) is 4.48. The SMILES string of the molecule is O=C(O)c1cnc(N2CCc3c(n(CCN4CCOCC4)c4ccccc34)C2)nc1. The summed E-state index contributed by atoms with van der Waals surface area (Å²) in [4.78, 5) is 24.3. The molecule has 5 rings (SSSR count). The average molecular weight is 407 g/mol. The number of carboxylic acid groups (broad SMARTS) is 1. The summed E-state index contributed by atoms with van der Waals surface area (Å²) in [6.07, 6.45) is 3.69. The topological polar surface area (TPSA) is 83.7 Å². The standard InChI is InChI=1S/C22H25N5O3/c28-21(29)16-13-23-22(24-14-16)26-6-5-18-17-3-1-2-4-19(17)27(20(18)15-26)8-7-25-9-11-30-12-10-25/h1-4,13-14H,5-12,15H2,(H,28,29). The summed E-state index contributed by atoms with van der Waals surface area (Å²) in [6.45, 7) is 7.05. The number of ether oxygens (including phenoxy) is 1. The largest absolute Gasteiger partial charge is 0.478 e. The molecule has 0 saturated carbocycles. The average Bonchev–Trinajstić information content (AvgIpc) is 3.11. The number of para-hydroxylation sites is 1.